The van der Waals surface area contributed by atoms with Crippen molar-refractivity contribution in [2.24, 2.45) is 11.8 Å². The molecule has 1 fully saturated rings. The van der Waals surface area contributed by atoms with E-state index >= 15 is 0 Å². The van der Waals surface area contributed by atoms with Crippen LogP contribution in [0.4, 0.5) is 0 Å². The van der Waals surface area contributed by atoms with Gasteiger partial charge in [-0.2, -0.15) is 0 Å². The summed E-state index contributed by atoms with van der Waals surface area (Å²) in [6.45, 7) is 3.80. The van der Waals surface area contributed by atoms with Crippen molar-refractivity contribution in [3.05, 3.63) is 35.1 Å². The lowest BCUT2D eigenvalue weighted by Crippen LogP contribution is -2.46. The van der Waals surface area contributed by atoms with Gasteiger partial charge in [0, 0.05) is 23.6 Å². The van der Waals surface area contributed by atoms with Gasteiger partial charge in [0.05, 0.1) is 17.6 Å². The first-order valence-corrected chi connectivity index (χ1v) is 10.7. The van der Waals surface area contributed by atoms with E-state index in [2.05, 4.69) is 21.9 Å². The van der Waals surface area contributed by atoms with Crippen molar-refractivity contribution in [3.8, 4) is 5.75 Å². The van der Waals surface area contributed by atoms with Crippen molar-refractivity contribution in [3.63, 3.8) is 0 Å². The van der Waals surface area contributed by atoms with E-state index < -0.39 is 17.1 Å². The molecule has 1 aliphatic heterocycles. The fourth-order valence-corrected chi connectivity index (χ4v) is 5.69. The molecule has 2 N–H and O–H groups in total. The maximum absolute atomic E-state index is 12.1. The molecule has 4 rings (SSSR count). The number of pyridine rings is 1. The van der Waals surface area contributed by atoms with E-state index in [1.165, 1.54) is 0 Å². The fraction of sp³-hybridized carbons (Fsp3) is 0.500. The normalized spacial score (nSPS) is 24.0. The molecule has 0 amide bonds. The standard InChI is InChI=1S/C18H23BN2O4S/c1-11(2)10-26(23,24)21-13-6-12(7-13)15-8-19(22)25-17-9-20-16-5-3-4-14(16)18(15)17/h3-4,8-9,11-13,21-22H,5-7,10H2,1-2H3. The Morgan fingerprint density at radius 3 is 2.92 bits per heavy atom. The molecule has 138 valence electrons. The number of hydrogen-bond acceptors (Lipinski definition) is 5. The van der Waals surface area contributed by atoms with Gasteiger partial charge < -0.3 is 9.68 Å². The SMILES string of the molecule is CC(C)CS(=O)(=O)NC1CC(C2=CB(O)Oc3cnc4c(c32)C=CC4)C1. The summed E-state index contributed by atoms with van der Waals surface area (Å²) in [6.07, 6.45) is 8.08. The average Bonchev–Trinajstić information content (AvgIpc) is 2.96. The molecular weight excluding hydrogens is 351 g/mol. The predicted molar refractivity (Wildman–Crippen MR) is 102 cm³/mol. The minimum atomic E-state index is -3.24. The Hall–Kier alpha value is -1.64. The van der Waals surface area contributed by atoms with Gasteiger partial charge in [-0.3, -0.25) is 4.98 Å². The summed E-state index contributed by atoms with van der Waals surface area (Å²) >= 11 is 0. The van der Waals surface area contributed by atoms with Crippen molar-refractivity contribution in [2.75, 3.05) is 5.75 Å². The molecule has 0 spiro atoms. The van der Waals surface area contributed by atoms with Crippen LogP contribution in [0.1, 0.15) is 43.5 Å². The van der Waals surface area contributed by atoms with E-state index in [1.807, 2.05) is 13.8 Å². The molecular formula is C18H23BN2O4S. The maximum Gasteiger partial charge on any atom is 0.552 e. The second-order valence-corrected chi connectivity index (χ2v) is 9.55. The van der Waals surface area contributed by atoms with Crippen LogP contribution >= 0.6 is 0 Å². The third kappa shape index (κ3) is 3.33. The van der Waals surface area contributed by atoms with Crippen LogP contribution in [-0.2, 0) is 16.4 Å². The van der Waals surface area contributed by atoms with Crippen LogP contribution in [0.25, 0.3) is 11.6 Å². The van der Waals surface area contributed by atoms with Crippen molar-refractivity contribution in [2.45, 2.75) is 39.2 Å². The number of hydrogen-bond donors (Lipinski definition) is 2. The number of nitrogens with zero attached hydrogens (tertiary/aromatic N) is 1. The molecule has 1 aromatic rings. The molecule has 2 heterocycles. The van der Waals surface area contributed by atoms with Crippen LogP contribution in [-0.4, -0.2) is 37.3 Å². The number of fused-ring (bicyclic) bond motifs is 3. The van der Waals surface area contributed by atoms with E-state index in [0.717, 1.165) is 41.7 Å². The minimum Gasteiger partial charge on any atom is -0.531 e. The van der Waals surface area contributed by atoms with Gasteiger partial charge in [0.25, 0.3) is 0 Å². The topological polar surface area (TPSA) is 88.5 Å². The molecule has 8 heteroatoms. The van der Waals surface area contributed by atoms with E-state index in [9.17, 15) is 13.4 Å². The van der Waals surface area contributed by atoms with E-state index in [1.54, 1.807) is 12.2 Å². The number of rotatable bonds is 5. The predicted octanol–water partition coefficient (Wildman–Crippen LogP) is 1.80. The molecule has 6 nitrogen and oxygen atoms in total. The zero-order chi connectivity index (χ0) is 18.5. The molecule has 0 unspecified atom stereocenters. The van der Waals surface area contributed by atoms with E-state index in [-0.39, 0.29) is 23.6 Å². The van der Waals surface area contributed by atoms with Gasteiger partial charge in [0.15, 0.2) is 0 Å². The quantitative estimate of drug-likeness (QED) is 0.768. The molecule has 0 atom stereocenters. The number of nitrogens with one attached hydrogen (secondary N) is 1. The first kappa shape index (κ1) is 17.8. The van der Waals surface area contributed by atoms with Gasteiger partial charge in [-0.25, -0.2) is 13.1 Å². The molecule has 0 aromatic carbocycles. The molecule has 26 heavy (non-hydrogen) atoms. The van der Waals surface area contributed by atoms with Crippen LogP contribution in [0.15, 0.2) is 18.2 Å². The second-order valence-electron chi connectivity index (χ2n) is 7.75. The summed E-state index contributed by atoms with van der Waals surface area (Å²) in [4.78, 5) is 4.42. The van der Waals surface area contributed by atoms with Crippen molar-refractivity contribution in [1.29, 1.82) is 0 Å². The minimum absolute atomic E-state index is 0.0430. The Kier molecular flexibility index (Phi) is 4.45. The summed E-state index contributed by atoms with van der Waals surface area (Å²) < 4.78 is 32.6. The molecule has 2 aliphatic carbocycles. The Labute approximate surface area is 154 Å². The lowest BCUT2D eigenvalue weighted by Gasteiger charge is -2.39. The van der Waals surface area contributed by atoms with Crippen LogP contribution in [0.3, 0.4) is 0 Å². The Balaban J connectivity index is 1.52. The average molecular weight is 374 g/mol. The summed E-state index contributed by atoms with van der Waals surface area (Å²) in [7, 11) is -4.23. The number of sulfonamides is 1. The van der Waals surface area contributed by atoms with Crippen LogP contribution in [0, 0.1) is 11.8 Å². The third-order valence-corrected chi connectivity index (χ3v) is 6.89. The van der Waals surface area contributed by atoms with E-state index in [4.69, 9.17) is 4.65 Å². The fourth-order valence-electron chi connectivity index (χ4n) is 4.02. The highest BCUT2D eigenvalue weighted by molar-refractivity contribution is 7.89. The smallest absolute Gasteiger partial charge is 0.531 e. The first-order valence-electron chi connectivity index (χ1n) is 9.07. The third-order valence-electron chi connectivity index (χ3n) is 5.10. The summed E-state index contributed by atoms with van der Waals surface area (Å²) in [5, 5.41) is 10.0. The summed E-state index contributed by atoms with van der Waals surface area (Å²) in [6, 6.07) is -0.0430. The zero-order valence-corrected chi connectivity index (χ0v) is 15.8. The van der Waals surface area contributed by atoms with Crippen molar-refractivity contribution in [1.82, 2.24) is 9.71 Å². The van der Waals surface area contributed by atoms with Crippen molar-refractivity contribution < 1.29 is 18.1 Å². The van der Waals surface area contributed by atoms with Crippen molar-refractivity contribution >= 4 is 28.8 Å². The maximum atomic E-state index is 12.1. The number of aromatic nitrogens is 1. The molecule has 1 aromatic heterocycles. The van der Waals surface area contributed by atoms with Crippen LogP contribution in [0.2, 0.25) is 0 Å². The molecule has 3 aliphatic rings. The van der Waals surface area contributed by atoms with Gasteiger partial charge in [0.1, 0.15) is 5.75 Å². The largest absolute Gasteiger partial charge is 0.552 e. The lowest BCUT2D eigenvalue weighted by molar-refractivity contribution is 0.308. The Morgan fingerprint density at radius 2 is 2.19 bits per heavy atom. The highest BCUT2D eigenvalue weighted by Crippen LogP contribution is 2.46. The monoisotopic (exact) mass is 374 g/mol. The molecule has 0 bridgehead atoms. The Morgan fingerprint density at radius 1 is 1.42 bits per heavy atom. The van der Waals surface area contributed by atoms with Gasteiger partial charge in [-0.15, -0.1) is 0 Å². The molecule has 1 saturated carbocycles. The zero-order valence-electron chi connectivity index (χ0n) is 15.0. The summed E-state index contributed by atoms with van der Waals surface area (Å²) in [5.41, 5.74) is 4.12. The Bertz CT molecular complexity index is 889. The first-order chi connectivity index (χ1) is 12.3. The second kappa shape index (κ2) is 6.51. The van der Waals surface area contributed by atoms with Gasteiger partial charge in [0.2, 0.25) is 10.0 Å². The lowest BCUT2D eigenvalue weighted by atomic mass is 9.68. The highest BCUT2D eigenvalue weighted by Gasteiger charge is 2.39. The van der Waals surface area contributed by atoms with Crippen LogP contribution < -0.4 is 9.38 Å². The van der Waals surface area contributed by atoms with Crippen LogP contribution in [0.5, 0.6) is 5.75 Å². The number of allylic oxidation sites excluding steroid dienone is 2. The molecule has 0 saturated heterocycles. The highest BCUT2D eigenvalue weighted by atomic mass is 32.2. The van der Waals surface area contributed by atoms with E-state index in [0.29, 0.717) is 5.75 Å². The van der Waals surface area contributed by atoms with Gasteiger partial charge in [-0.1, -0.05) is 26.0 Å². The van der Waals surface area contributed by atoms with Gasteiger partial charge >= 0.3 is 7.12 Å². The molecule has 0 radical (unpaired) electrons. The summed E-state index contributed by atoms with van der Waals surface area (Å²) in [5.74, 6) is 2.81. The van der Waals surface area contributed by atoms with Gasteiger partial charge in [-0.05, 0) is 36.2 Å².